The van der Waals surface area contributed by atoms with E-state index in [1.807, 2.05) is 13.8 Å². The van der Waals surface area contributed by atoms with Gasteiger partial charge in [-0.2, -0.15) is 5.10 Å². The Kier molecular flexibility index (Phi) is 3.56. The maximum Gasteiger partial charge on any atom is 0.243 e. The fourth-order valence-electron chi connectivity index (χ4n) is 0.861. The Hall–Kier alpha value is -1.45. The van der Waals surface area contributed by atoms with E-state index in [1.165, 1.54) is 0 Å². The summed E-state index contributed by atoms with van der Waals surface area (Å²) >= 11 is 0. The van der Waals surface area contributed by atoms with Gasteiger partial charge in [0.1, 0.15) is 0 Å². The van der Waals surface area contributed by atoms with Crippen LogP contribution in [0.25, 0.3) is 0 Å². The lowest BCUT2D eigenvalue weighted by Crippen LogP contribution is -2.09. The second kappa shape index (κ2) is 4.69. The first-order valence-corrected chi connectivity index (χ1v) is 4.72. The lowest BCUT2D eigenvalue weighted by Gasteiger charge is -2.05. The monoisotopic (exact) mass is 192 g/mol. The summed E-state index contributed by atoms with van der Waals surface area (Å²) < 4.78 is 0. The van der Waals surface area contributed by atoms with Crippen LogP contribution in [-0.4, -0.2) is 21.7 Å². The second-order valence-electron chi connectivity index (χ2n) is 3.26. The van der Waals surface area contributed by atoms with E-state index >= 15 is 0 Å². The predicted octanol–water partition coefficient (Wildman–Crippen LogP) is 1.87. The Bertz CT molecular complexity index is 333. The molecule has 0 bridgehead atoms. The molecule has 0 aliphatic rings. The minimum atomic E-state index is 0.572. The first-order chi connectivity index (χ1) is 6.63. The van der Waals surface area contributed by atoms with E-state index in [9.17, 15) is 0 Å². The summed E-state index contributed by atoms with van der Waals surface area (Å²) in [6.45, 7) is 10.5. The van der Waals surface area contributed by atoms with Gasteiger partial charge in [-0.05, 0) is 20.3 Å². The Balaban J connectivity index is 2.60. The van der Waals surface area contributed by atoms with E-state index < -0.39 is 0 Å². The molecule has 0 radical (unpaired) electrons. The van der Waals surface area contributed by atoms with Crippen molar-refractivity contribution in [3.63, 3.8) is 0 Å². The highest BCUT2D eigenvalue weighted by Crippen LogP contribution is 2.03. The molecule has 14 heavy (non-hydrogen) atoms. The number of nitrogens with zero attached hydrogens (tertiary/aromatic N) is 3. The van der Waals surface area contributed by atoms with Gasteiger partial charge in [-0.25, -0.2) is 4.98 Å². The van der Waals surface area contributed by atoms with Gasteiger partial charge in [0.25, 0.3) is 0 Å². The first-order valence-electron chi connectivity index (χ1n) is 4.72. The van der Waals surface area contributed by atoms with Crippen LogP contribution >= 0.6 is 0 Å². The number of hydrogen-bond acceptors (Lipinski definition) is 4. The van der Waals surface area contributed by atoms with Gasteiger partial charge in [0.05, 0.1) is 11.4 Å². The van der Waals surface area contributed by atoms with Crippen molar-refractivity contribution in [1.29, 1.82) is 0 Å². The third-order valence-electron chi connectivity index (χ3n) is 2.09. The molecule has 1 aromatic rings. The van der Waals surface area contributed by atoms with Gasteiger partial charge in [-0.3, -0.25) is 0 Å². The van der Waals surface area contributed by atoms with E-state index in [0.717, 1.165) is 23.4 Å². The third kappa shape index (κ3) is 2.80. The topological polar surface area (TPSA) is 50.7 Å². The molecule has 0 atom stereocenters. The molecule has 0 unspecified atom stereocenters. The molecule has 0 aliphatic heterocycles. The molecule has 0 spiro atoms. The summed E-state index contributed by atoms with van der Waals surface area (Å²) in [6, 6.07) is 0. The van der Waals surface area contributed by atoms with E-state index in [4.69, 9.17) is 0 Å². The number of rotatable bonds is 4. The molecule has 1 heterocycles. The van der Waals surface area contributed by atoms with Crippen LogP contribution in [0.1, 0.15) is 24.7 Å². The summed E-state index contributed by atoms with van der Waals surface area (Å²) in [5.74, 6) is 0.572. The van der Waals surface area contributed by atoms with Crippen molar-refractivity contribution in [2.75, 3.05) is 11.9 Å². The van der Waals surface area contributed by atoms with Crippen LogP contribution in [0.2, 0.25) is 0 Å². The molecule has 1 N–H and O–H groups in total. The molecule has 4 nitrogen and oxygen atoms in total. The number of hydrogen-bond donors (Lipinski definition) is 1. The Morgan fingerprint density at radius 3 is 2.57 bits per heavy atom. The van der Waals surface area contributed by atoms with E-state index in [1.54, 1.807) is 0 Å². The van der Waals surface area contributed by atoms with Crippen molar-refractivity contribution in [3.05, 3.63) is 23.5 Å². The van der Waals surface area contributed by atoms with Crippen LogP contribution in [0.15, 0.2) is 12.2 Å². The number of nitrogens with one attached hydrogen (secondary N) is 1. The maximum absolute atomic E-state index is 4.25. The van der Waals surface area contributed by atoms with Crippen LogP contribution in [0.3, 0.4) is 0 Å². The summed E-state index contributed by atoms with van der Waals surface area (Å²) in [5.41, 5.74) is 2.90. The maximum atomic E-state index is 4.25. The summed E-state index contributed by atoms with van der Waals surface area (Å²) in [4.78, 5) is 4.25. The zero-order chi connectivity index (χ0) is 10.6. The molecule has 0 aromatic carbocycles. The molecule has 0 amide bonds. The fraction of sp³-hybridized carbons (Fsp3) is 0.500. The van der Waals surface area contributed by atoms with Gasteiger partial charge >= 0.3 is 0 Å². The molecule has 0 saturated carbocycles. The predicted molar refractivity (Wildman–Crippen MR) is 57.2 cm³/mol. The van der Waals surface area contributed by atoms with E-state index in [2.05, 4.69) is 34.0 Å². The standard InChI is InChI=1S/C10H16N4/c1-5-7(2)6-11-10-12-8(3)9(4)13-14-10/h2,5-6H2,1,3-4H3,(H,11,12,14). The Labute approximate surface area is 84.5 Å². The van der Waals surface area contributed by atoms with E-state index in [-0.39, 0.29) is 0 Å². The zero-order valence-electron chi connectivity index (χ0n) is 8.96. The molecule has 0 saturated heterocycles. The van der Waals surface area contributed by atoms with Crippen molar-refractivity contribution in [2.24, 2.45) is 0 Å². The number of aromatic nitrogens is 3. The van der Waals surface area contributed by atoms with Crippen molar-refractivity contribution in [3.8, 4) is 0 Å². The molecule has 76 valence electrons. The quantitative estimate of drug-likeness (QED) is 0.740. The largest absolute Gasteiger partial charge is 0.349 e. The molecule has 4 heteroatoms. The minimum Gasteiger partial charge on any atom is -0.349 e. The highest BCUT2D eigenvalue weighted by Gasteiger charge is 2.00. The lowest BCUT2D eigenvalue weighted by molar-refractivity contribution is 0.888. The average Bonchev–Trinajstić information content (AvgIpc) is 2.19. The number of anilines is 1. The smallest absolute Gasteiger partial charge is 0.243 e. The Morgan fingerprint density at radius 1 is 1.29 bits per heavy atom. The van der Waals surface area contributed by atoms with Gasteiger partial charge in [0, 0.05) is 6.54 Å². The second-order valence-corrected chi connectivity index (χ2v) is 3.26. The molecule has 1 rings (SSSR count). The third-order valence-corrected chi connectivity index (χ3v) is 2.09. The summed E-state index contributed by atoms with van der Waals surface area (Å²) in [7, 11) is 0. The van der Waals surface area contributed by atoms with Crippen molar-refractivity contribution < 1.29 is 0 Å². The molecule has 1 aromatic heterocycles. The van der Waals surface area contributed by atoms with Gasteiger partial charge in [0.2, 0.25) is 5.95 Å². The van der Waals surface area contributed by atoms with Crippen LogP contribution in [0, 0.1) is 13.8 Å². The van der Waals surface area contributed by atoms with Gasteiger partial charge in [0.15, 0.2) is 0 Å². The minimum absolute atomic E-state index is 0.572. The van der Waals surface area contributed by atoms with Crippen molar-refractivity contribution >= 4 is 5.95 Å². The lowest BCUT2D eigenvalue weighted by atomic mass is 10.2. The van der Waals surface area contributed by atoms with Crippen LogP contribution in [-0.2, 0) is 0 Å². The fourth-order valence-corrected chi connectivity index (χ4v) is 0.861. The van der Waals surface area contributed by atoms with Gasteiger partial charge in [-0.15, -0.1) is 5.10 Å². The zero-order valence-corrected chi connectivity index (χ0v) is 8.96. The first kappa shape index (κ1) is 10.6. The average molecular weight is 192 g/mol. The Morgan fingerprint density at radius 2 is 2.00 bits per heavy atom. The summed E-state index contributed by atoms with van der Waals surface area (Å²) in [6.07, 6.45) is 0.964. The molecular formula is C10H16N4. The van der Waals surface area contributed by atoms with Crippen molar-refractivity contribution in [1.82, 2.24) is 15.2 Å². The molecule has 0 aliphatic carbocycles. The summed E-state index contributed by atoms with van der Waals surface area (Å²) in [5, 5.41) is 11.0. The van der Waals surface area contributed by atoms with Gasteiger partial charge < -0.3 is 5.32 Å². The highest BCUT2D eigenvalue weighted by atomic mass is 15.2. The van der Waals surface area contributed by atoms with Gasteiger partial charge in [-0.1, -0.05) is 19.1 Å². The van der Waals surface area contributed by atoms with Crippen molar-refractivity contribution in [2.45, 2.75) is 27.2 Å². The highest BCUT2D eigenvalue weighted by molar-refractivity contribution is 5.27. The van der Waals surface area contributed by atoms with Crippen LogP contribution in [0.4, 0.5) is 5.95 Å². The normalized spacial score (nSPS) is 9.93. The number of aryl methyl sites for hydroxylation is 2. The molecule has 0 fully saturated rings. The van der Waals surface area contributed by atoms with Crippen LogP contribution < -0.4 is 5.32 Å². The van der Waals surface area contributed by atoms with Crippen LogP contribution in [0.5, 0.6) is 0 Å². The van der Waals surface area contributed by atoms with E-state index in [0.29, 0.717) is 12.5 Å². The SMILES string of the molecule is C=C(CC)CNc1nnc(C)c(C)n1. The molecular weight excluding hydrogens is 176 g/mol.